The van der Waals surface area contributed by atoms with E-state index >= 15 is 0 Å². The number of para-hydroxylation sites is 1. The zero-order chi connectivity index (χ0) is 29.9. The van der Waals surface area contributed by atoms with Gasteiger partial charge in [-0.2, -0.15) is 5.10 Å². The Hall–Kier alpha value is -3.95. The van der Waals surface area contributed by atoms with Crippen LogP contribution in [0.4, 0.5) is 16.3 Å². The summed E-state index contributed by atoms with van der Waals surface area (Å²) in [6.07, 6.45) is 1.45. The Bertz CT molecular complexity index is 1640. The Morgan fingerprint density at radius 2 is 1.57 bits per heavy atom. The molecule has 0 bridgehead atoms. The lowest BCUT2D eigenvalue weighted by Gasteiger charge is -2.32. The largest absolute Gasteiger partial charge is 0.324 e. The van der Waals surface area contributed by atoms with Crippen LogP contribution >= 0.6 is 0 Å². The Kier molecular flexibility index (Phi) is 8.52. The van der Waals surface area contributed by atoms with E-state index in [4.69, 9.17) is 5.10 Å². The van der Waals surface area contributed by atoms with Gasteiger partial charge in [-0.15, -0.1) is 0 Å². The molecule has 220 valence electrons. The van der Waals surface area contributed by atoms with E-state index in [1.54, 1.807) is 35.0 Å². The molecule has 0 saturated carbocycles. The summed E-state index contributed by atoms with van der Waals surface area (Å²) in [6.45, 7) is 9.74. The molecule has 1 saturated heterocycles. The SMILES string of the molecule is Cc1ccc(-n2nc(C(C)(C)C)cc2NC(=O)Nc2ccccc2C(C2CCNCC2)S(=O)(=O)c2ccccc2)cc1. The lowest BCUT2D eigenvalue weighted by Crippen LogP contribution is -2.34. The molecule has 1 aliphatic heterocycles. The summed E-state index contributed by atoms with van der Waals surface area (Å²) in [5, 5.41) is 13.3. The molecule has 3 aromatic carbocycles. The average Bonchev–Trinajstić information content (AvgIpc) is 3.40. The Labute approximate surface area is 248 Å². The Morgan fingerprint density at radius 1 is 0.929 bits per heavy atom. The van der Waals surface area contributed by atoms with Crippen LogP contribution in [0.5, 0.6) is 0 Å². The van der Waals surface area contributed by atoms with Crippen LogP contribution in [0.15, 0.2) is 89.8 Å². The molecule has 5 rings (SSSR count). The number of amides is 2. The zero-order valence-corrected chi connectivity index (χ0v) is 25.4. The lowest BCUT2D eigenvalue weighted by atomic mass is 9.89. The van der Waals surface area contributed by atoms with Crippen LogP contribution in [-0.4, -0.2) is 37.3 Å². The predicted octanol–water partition coefficient (Wildman–Crippen LogP) is 6.64. The number of hydrogen-bond acceptors (Lipinski definition) is 5. The highest BCUT2D eigenvalue weighted by atomic mass is 32.2. The molecule has 42 heavy (non-hydrogen) atoms. The fourth-order valence-corrected chi connectivity index (χ4v) is 7.57. The number of aromatic nitrogens is 2. The molecule has 4 aromatic rings. The summed E-state index contributed by atoms with van der Waals surface area (Å²) in [5.41, 5.74) is 3.61. The molecule has 2 heterocycles. The maximum atomic E-state index is 14.1. The first kappa shape index (κ1) is 29.5. The van der Waals surface area contributed by atoms with E-state index in [-0.39, 0.29) is 16.2 Å². The van der Waals surface area contributed by atoms with Crippen LogP contribution in [0.2, 0.25) is 0 Å². The van der Waals surface area contributed by atoms with Gasteiger partial charge in [-0.25, -0.2) is 17.9 Å². The van der Waals surface area contributed by atoms with Crippen LogP contribution in [0.3, 0.4) is 0 Å². The highest BCUT2D eigenvalue weighted by Crippen LogP contribution is 2.42. The molecule has 1 atom stereocenters. The molecular weight excluding hydrogens is 546 g/mol. The van der Waals surface area contributed by atoms with E-state index < -0.39 is 21.1 Å². The second-order valence-corrected chi connectivity index (χ2v) is 14.0. The maximum absolute atomic E-state index is 14.1. The Balaban J connectivity index is 1.49. The minimum absolute atomic E-state index is 0.0974. The van der Waals surface area contributed by atoms with Gasteiger partial charge in [0, 0.05) is 17.2 Å². The van der Waals surface area contributed by atoms with Crippen LogP contribution in [0.1, 0.15) is 55.7 Å². The molecule has 8 nitrogen and oxygen atoms in total. The smallest absolute Gasteiger partial charge is 0.317 e. The molecule has 1 aromatic heterocycles. The van der Waals surface area contributed by atoms with Gasteiger partial charge in [0.05, 0.1) is 21.5 Å². The number of aryl methyl sites for hydroxylation is 1. The molecule has 1 aliphatic rings. The first-order valence-corrected chi connectivity index (χ1v) is 15.9. The number of nitrogens with zero attached hydrogens (tertiary/aromatic N) is 2. The molecule has 3 N–H and O–H groups in total. The van der Waals surface area contributed by atoms with Crippen molar-refractivity contribution < 1.29 is 13.2 Å². The predicted molar refractivity (Wildman–Crippen MR) is 168 cm³/mol. The molecule has 1 unspecified atom stereocenters. The van der Waals surface area contributed by atoms with Gasteiger partial charge in [-0.1, -0.05) is 74.9 Å². The van der Waals surface area contributed by atoms with Crippen molar-refractivity contribution in [2.45, 2.75) is 56.1 Å². The number of urea groups is 1. The van der Waals surface area contributed by atoms with Crippen molar-refractivity contribution >= 4 is 27.4 Å². The van der Waals surface area contributed by atoms with Crippen LogP contribution in [-0.2, 0) is 15.3 Å². The van der Waals surface area contributed by atoms with E-state index in [0.717, 1.165) is 42.9 Å². The normalized spacial score (nSPS) is 15.2. The third kappa shape index (κ3) is 6.42. The summed E-state index contributed by atoms with van der Waals surface area (Å²) < 4.78 is 30.0. The van der Waals surface area contributed by atoms with Crippen LogP contribution < -0.4 is 16.0 Å². The monoisotopic (exact) mass is 585 g/mol. The van der Waals surface area contributed by atoms with Crippen molar-refractivity contribution in [3.05, 3.63) is 102 Å². The van der Waals surface area contributed by atoms with Gasteiger partial charge in [-0.3, -0.25) is 5.32 Å². The number of carbonyl (C=O) groups is 1. The van der Waals surface area contributed by atoms with E-state index in [1.807, 2.05) is 61.5 Å². The number of benzene rings is 3. The highest BCUT2D eigenvalue weighted by molar-refractivity contribution is 7.91. The number of nitrogens with one attached hydrogen (secondary N) is 3. The van der Waals surface area contributed by atoms with E-state index in [0.29, 0.717) is 17.1 Å². The van der Waals surface area contributed by atoms with Crippen molar-refractivity contribution in [3.8, 4) is 5.69 Å². The molecule has 2 amide bonds. The number of hydrogen-bond donors (Lipinski definition) is 3. The standard InChI is InChI=1S/C33H39N5O3S/c1-23-14-16-25(17-15-23)38-30(22-29(37-38)33(2,3)4)36-32(39)35-28-13-9-8-12-27(28)31(24-18-20-34-21-19-24)42(40,41)26-10-6-5-7-11-26/h5-17,22,24,31,34H,18-21H2,1-4H3,(H2,35,36,39). The second-order valence-electron chi connectivity index (χ2n) is 11.9. The summed E-state index contributed by atoms with van der Waals surface area (Å²) >= 11 is 0. The van der Waals surface area contributed by atoms with Gasteiger partial charge in [0.2, 0.25) is 0 Å². The summed E-state index contributed by atoms with van der Waals surface area (Å²) in [7, 11) is -3.74. The van der Waals surface area contributed by atoms with E-state index in [1.165, 1.54) is 0 Å². The van der Waals surface area contributed by atoms with Gasteiger partial charge >= 0.3 is 6.03 Å². The molecular formula is C33H39N5O3S. The molecule has 0 radical (unpaired) electrons. The first-order chi connectivity index (χ1) is 20.0. The molecule has 9 heteroatoms. The van der Waals surface area contributed by atoms with Crippen molar-refractivity contribution in [1.29, 1.82) is 0 Å². The summed E-state index contributed by atoms with van der Waals surface area (Å²) in [5.74, 6) is 0.422. The van der Waals surface area contributed by atoms with Gasteiger partial charge in [0.15, 0.2) is 9.84 Å². The van der Waals surface area contributed by atoms with Crippen molar-refractivity contribution in [3.63, 3.8) is 0 Å². The number of carbonyl (C=O) groups excluding carboxylic acids is 1. The van der Waals surface area contributed by atoms with E-state index in [9.17, 15) is 13.2 Å². The Morgan fingerprint density at radius 3 is 2.24 bits per heavy atom. The fraction of sp³-hybridized carbons (Fsp3) is 0.333. The quantitative estimate of drug-likeness (QED) is 0.226. The molecule has 0 spiro atoms. The van der Waals surface area contributed by atoms with Crippen molar-refractivity contribution in [1.82, 2.24) is 15.1 Å². The van der Waals surface area contributed by atoms with Crippen molar-refractivity contribution in [2.75, 3.05) is 23.7 Å². The topological polar surface area (TPSA) is 105 Å². The van der Waals surface area contributed by atoms with Gasteiger partial charge in [0.1, 0.15) is 5.82 Å². The zero-order valence-electron chi connectivity index (χ0n) is 24.6. The fourth-order valence-electron chi connectivity index (χ4n) is 5.43. The van der Waals surface area contributed by atoms with Gasteiger partial charge < -0.3 is 10.6 Å². The van der Waals surface area contributed by atoms with Crippen LogP contribution in [0, 0.1) is 12.8 Å². The minimum atomic E-state index is -3.74. The summed E-state index contributed by atoms with van der Waals surface area (Å²) in [4.78, 5) is 13.8. The third-order valence-electron chi connectivity index (χ3n) is 7.73. The second kappa shape index (κ2) is 12.1. The number of sulfone groups is 1. The number of rotatable bonds is 7. The molecule has 1 fully saturated rings. The van der Waals surface area contributed by atoms with Gasteiger partial charge in [0.25, 0.3) is 0 Å². The maximum Gasteiger partial charge on any atom is 0.324 e. The van der Waals surface area contributed by atoms with Crippen molar-refractivity contribution in [2.24, 2.45) is 5.92 Å². The highest BCUT2D eigenvalue weighted by Gasteiger charge is 2.38. The van der Waals surface area contributed by atoms with E-state index in [2.05, 4.69) is 36.7 Å². The molecule has 0 aliphatic carbocycles. The van der Waals surface area contributed by atoms with Gasteiger partial charge in [-0.05, 0) is 74.7 Å². The lowest BCUT2D eigenvalue weighted by molar-refractivity contribution is 0.262. The summed E-state index contributed by atoms with van der Waals surface area (Å²) in [6, 6.07) is 25.1. The first-order valence-electron chi connectivity index (χ1n) is 14.4. The average molecular weight is 586 g/mol. The number of anilines is 2. The third-order valence-corrected chi connectivity index (χ3v) is 9.97. The minimum Gasteiger partial charge on any atom is -0.317 e. The number of piperidine rings is 1. The van der Waals surface area contributed by atoms with Crippen LogP contribution in [0.25, 0.3) is 5.69 Å².